The summed E-state index contributed by atoms with van der Waals surface area (Å²) in [5.41, 5.74) is 0. The Hall–Kier alpha value is -1.36. The van der Waals surface area contributed by atoms with E-state index in [1.54, 1.807) is 0 Å². The minimum absolute atomic E-state index is 0.166. The van der Waals surface area contributed by atoms with Crippen molar-refractivity contribution >= 4 is 23.2 Å². The third-order valence-electron chi connectivity index (χ3n) is 3.73. The van der Waals surface area contributed by atoms with Crippen LogP contribution in [0.15, 0.2) is 17.5 Å². The fourth-order valence-electron chi connectivity index (χ4n) is 2.62. The molecule has 0 atom stereocenters. The Bertz CT molecular complexity index is 436. The van der Waals surface area contributed by atoms with Crippen LogP contribution in [-0.4, -0.2) is 24.5 Å². The number of thiophene rings is 1. The summed E-state index contributed by atoms with van der Waals surface area (Å²) in [6.07, 6.45) is 8.47. The van der Waals surface area contributed by atoms with Gasteiger partial charge in [0, 0.05) is 10.9 Å². The van der Waals surface area contributed by atoms with Gasteiger partial charge in [-0.15, -0.1) is 11.3 Å². The number of esters is 1. The number of ether oxygens (including phenoxy) is 1. The quantitative estimate of drug-likeness (QED) is 0.851. The molecule has 4 nitrogen and oxygen atoms in total. The lowest BCUT2D eigenvalue weighted by molar-refractivity contribution is -0.148. The number of rotatable bonds is 5. The highest BCUT2D eigenvalue weighted by Crippen LogP contribution is 2.17. The Kier molecular flexibility index (Phi) is 6.73. The van der Waals surface area contributed by atoms with Crippen LogP contribution in [0.4, 0.5) is 0 Å². The highest BCUT2D eigenvalue weighted by molar-refractivity contribution is 7.10. The summed E-state index contributed by atoms with van der Waals surface area (Å²) in [5.74, 6) is -0.523. The van der Waals surface area contributed by atoms with E-state index < -0.39 is 0 Å². The van der Waals surface area contributed by atoms with Gasteiger partial charge in [-0.05, 0) is 24.3 Å². The fourth-order valence-corrected chi connectivity index (χ4v) is 3.31. The first-order valence-electron chi connectivity index (χ1n) is 7.71. The Morgan fingerprint density at radius 1 is 1.19 bits per heavy atom. The van der Waals surface area contributed by atoms with Crippen LogP contribution in [0.3, 0.4) is 0 Å². The number of carbonyl (C=O) groups is 2. The Morgan fingerprint density at radius 2 is 1.90 bits per heavy atom. The third-order valence-corrected chi connectivity index (χ3v) is 4.61. The molecule has 21 heavy (non-hydrogen) atoms. The predicted molar refractivity (Wildman–Crippen MR) is 83.2 cm³/mol. The summed E-state index contributed by atoms with van der Waals surface area (Å²) >= 11 is 1.52. The van der Waals surface area contributed by atoms with E-state index in [-0.39, 0.29) is 30.9 Å². The van der Waals surface area contributed by atoms with Gasteiger partial charge in [-0.3, -0.25) is 9.59 Å². The van der Waals surface area contributed by atoms with Crippen molar-refractivity contribution in [1.82, 2.24) is 5.32 Å². The molecule has 0 saturated heterocycles. The molecular weight excluding hydrogens is 286 g/mol. The van der Waals surface area contributed by atoms with E-state index >= 15 is 0 Å². The summed E-state index contributed by atoms with van der Waals surface area (Å²) < 4.78 is 5.03. The van der Waals surface area contributed by atoms with Crippen LogP contribution in [-0.2, 0) is 20.7 Å². The van der Waals surface area contributed by atoms with Gasteiger partial charge in [-0.25, -0.2) is 0 Å². The smallest absolute Gasteiger partial charge is 0.311 e. The molecule has 0 unspecified atom stereocenters. The van der Waals surface area contributed by atoms with Crippen LogP contribution in [0.5, 0.6) is 0 Å². The molecule has 116 valence electrons. The molecule has 1 saturated carbocycles. The molecule has 0 aromatic carbocycles. The maximum absolute atomic E-state index is 11.8. The largest absolute Gasteiger partial charge is 0.455 e. The van der Waals surface area contributed by atoms with Gasteiger partial charge in [-0.2, -0.15) is 0 Å². The van der Waals surface area contributed by atoms with Crippen LogP contribution in [0.25, 0.3) is 0 Å². The number of hydrogen-bond donors (Lipinski definition) is 1. The molecule has 1 aliphatic rings. The molecule has 5 heteroatoms. The zero-order chi connectivity index (χ0) is 14.9. The second kappa shape index (κ2) is 8.82. The van der Waals surface area contributed by atoms with Crippen LogP contribution in [0, 0.1) is 0 Å². The first-order valence-corrected chi connectivity index (χ1v) is 8.59. The van der Waals surface area contributed by atoms with Crippen LogP contribution in [0.1, 0.15) is 49.8 Å². The lowest BCUT2D eigenvalue weighted by Crippen LogP contribution is -2.38. The maximum Gasteiger partial charge on any atom is 0.311 e. The zero-order valence-corrected chi connectivity index (χ0v) is 13.1. The van der Waals surface area contributed by atoms with E-state index in [0.29, 0.717) is 0 Å². The van der Waals surface area contributed by atoms with Crippen LogP contribution in [0.2, 0.25) is 0 Å². The predicted octanol–water partition coefficient (Wildman–Crippen LogP) is 3.06. The second-order valence-electron chi connectivity index (χ2n) is 5.53. The van der Waals surface area contributed by atoms with Crippen molar-refractivity contribution in [2.45, 2.75) is 57.4 Å². The molecule has 2 rings (SSSR count). The van der Waals surface area contributed by atoms with Gasteiger partial charge >= 0.3 is 5.97 Å². The van der Waals surface area contributed by atoms with E-state index in [0.717, 1.165) is 17.7 Å². The molecule has 0 spiro atoms. The molecule has 1 heterocycles. The summed E-state index contributed by atoms with van der Waals surface area (Å²) in [6.45, 7) is -0.166. The molecule has 1 aromatic heterocycles. The van der Waals surface area contributed by atoms with E-state index in [1.165, 1.54) is 43.4 Å². The molecule has 0 bridgehead atoms. The number of hydrogen-bond acceptors (Lipinski definition) is 4. The summed E-state index contributed by atoms with van der Waals surface area (Å²) in [6, 6.07) is 4.03. The van der Waals surface area contributed by atoms with Gasteiger partial charge in [0.1, 0.15) is 0 Å². The van der Waals surface area contributed by atoms with E-state index in [2.05, 4.69) is 5.32 Å². The van der Waals surface area contributed by atoms with Crippen molar-refractivity contribution in [2.75, 3.05) is 6.61 Å². The van der Waals surface area contributed by atoms with Crippen LogP contribution < -0.4 is 5.32 Å². The molecule has 1 amide bonds. The Labute approximate surface area is 129 Å². The zero-order valence-electron chi connectivity index (χ0n) is 12.3. The lowest BCUT2D eigenvalue weighted by atomic mass is 9.97. The first kappa shape index (κ1) is 16.0. The van der Waals surface area contributed by atoms with Gasteiger partial charge in [0.05, 0.1) is 6.42 Å². The number of nitrogens with one attached hydrogen (secondary N) is 1. The SMILES string of the molecule is O=C(COC(=O)Cc1cccs1)NC1CCCCCCC1. The number of amides is 1. The van der Waals surface area contributed by atoms with Gasteiger partial charge in [0.15, 0.2) is 6.61 Å². The van der Waals surface area contributed by atoms with Gasteiger partial charge in [-0.1, -0.05) is 38.2 Å². The van der Waals surface area contributed by atoms with Crippen molar-refractivity contribution in [3.05, 3.63) is 22.4 Å². The fraction of sp³-hybridized carbons (Fsp3) is 0.625. The van der Waals surface area contributed by atoms with E-state index in [9.17, 15) is 9.59 Å². The highest BCUT2D eigenvalue weighted by atomic mass is 32.1. The van der Waals surface area contributed by atoms with Crippen LogP contribution >= 0.6 is 11.3 Å². The first-order chi connectivity index (χ1) is 10.2. The average molecular weight is 309 g/mol. The minimum Gasteiger partial charge on any atom is -0.455 e. The van der Waals surface area contributed by atoms with Gasteiger partial charge in [0.2, 0.25) is 0 Å². The summed E-state index contributed by atoms with van der Waals surface area (Å²) in [5, 5.41) is 4.91. The van der Waals surface area contributed by atoms with Gasteiger partial charge < -0.3 is 10.1 Å². The summed E-state index contributed by atoms with van der Waals surface area (Å²) in [7, 11) is 0. The molecule has 1 aromatic rings. The number of carbonyl (C=O) groups excluding carboxylic acids is 2. The average Bonchev–Trinajstić information content (AvgIpc) is 2.92. The molecule has 0 aliphatic heterocycles. The highest BCUT2D eigenvalue weighted by Gasteiger charge is 2.15. The van der Waals surface area contributed by atoms with Crippen molar-refractivity contribution in [2.24, 2.45) is 0 Å². The van der Waals surface area contributed by atoms with Crippen molar-refractivity contribution < 1.29 is 14.3 Å². The maximum atomic E-state index is 11.8. The Balaban J connectivity index is 1.65. The lowest BCUT2D eigenvalue weighted by Gasteiger charge is -2.20. The standard InChI is InChI=1S/C16H23NO3S/c18-15(17-13-7-4-2-1-3-5-8-13)12-20-16(19)11-14-9-6-10-21-14/h6,9-10,13H,1-5,7-8,11-12H2,(H,17,18). The van der Waals surface area contributed by atoms with Gasteiger partial charge in [0.25, 0.3) is 5.91 Å². The Morgan fingerprint density at radius 3 is 2.57 bits per heavy atom. The molecular formula is C16H23NO3S. The summed E-state index contributed by atoms with van der Waals surface area (Å²) in [4.78, 5) is 24.4. The van der Waals surface area contributed by atoms with E-state index in [1.807, 2.05) is 17.5 Å². The van der Waals surface area contributed by atoms with Crippen molar-refractivity contribution in [3.8, 4) is 0 Å². The third kappa shape index (κ3) is 6.29. The minimum atomic E-state index is -0.342. The molecule has 1 N–H and O–H groups in total. The molecule has 1 fully saturated rings. The van der Waals surface area contributed by atoms with Crippen molar-refractivity contribution in [3.63, 3.8) is 0 Å². The normalized spacial score (nSPS) is 16.8. The second-order valence-corrected chi connectivity index (χ2v) is 6.56. The molecule has 1 aliphatic carbocycles. The van der Waals surface area contributed by atoms with Crippen molar-refractivity contribution in [1.29, 1.82) is 0 Å². The van der Waals surface area contributed by atoms with E-state index in [4.69, 9.17) is 4.74 Å². The monoisotopic (exact) mass is 309 g/mol. The molecule has 0 radical (unpaired) electrons. The topological polar surface area (TPSA) is 55.4 Å².